The van der Waals surface area contributed by atoms with Gasteiger partial charge in [0.15, 0.2) is 10.8 Å². The van der Waals surface area contributed by atoms with E-state index in [1.807, 2.05) is 17.9 Å². The standard InChI is InChI=1S/C22H26N6O4S/c1-13-6-7-16(32-3)15(9-13)25-17(29)11-28-12-24-19-18(21(28)31)33-22(26-19)27-8-4-5-14(10-27)20(30)23-2/h6-7,9,12,14H,4-5,8,10-11H2,1-3H3,(H,23,30)(H,25,29)/t14-/m0/s1. The molecule has 33 heavy (non-hydrogen) atoms. The largest absolute Gasteiger partial charge is 0.495 e. The molecule has 0 unspecified atom stereocenters. The average Bonchev–Trinajstić information content (AvgIpc) is 3.26. The number of ether oxygens (including phenoxy) is 1. The highest BCUT2D eigenvalue weighted by atomic mass is 32.1. The number of carbonyl (C=O) groups excluding carboxylic acids is 2. The number of aryl methyl sites for hydroxylation is 1. The second-order valence-electron chi connectivity index (χ2n) is 7.98. The zero-order valence-corrected chi connectivity index (χ0v) is 19.6. The van der Waals surface area contributed by atoms with Crippen LogP contribution in [0.1, 0.15) is 18.4 Å². The number of hydrogen-bond donors (Lipinski definition) is 2. The smallest absolute Gasteiger partial charge is 0.273 e. The van der Waals surface area contributed by atoms with E-state index < -0.39 is 0 Å². The maximum absolute atomic E-state index is 13.0. The van der Waals surface area contributed by atoms with E-state index >= 15 is 0 Å². The number of fused-ring (bicyclic) bond motifs is 1. The zero-order valence-electron chi connectivity index (χ0n) is 18.8. The van der Waals surface area contributed by atoms with Gasteiger partial charge in [0.2, 0.25) is 11.8 Å². The number of hydrogen-bond acceptors (Lipinski definition) is 8. The van der Waals surface area contributed by atoms with E-state index in [4.69, 9.17) is 4.74 Å². The molecule has 1 fully saturated rings. The third-order valence-corrected chi connectivity index (χ3v) is 6.72. The van der Waals surface area contributed by atoms with Crippen LogP contribution in [0.4, 0.5) is 10.8 Å². The Hall–Kier alpha value is -3.47. The van der Waals surface area contributed by atoms with Crippen LogP contribution in [-0.4, -0.2) is 53.6 Å². The molecule has 0 spiro atoms. The maximum atomic E-state index is 13.0. The topological polar surface area (TPSA) is 118 Å². The van der Waals surface area contributed by atoms with E-state index in [0.717, 1.165) is 24.9 Å². The molecule has 0 bridgehead atoms. The lowest BCUT2D eigenvalue weighted by Crippen LogP contribution is -2.42. The van der Waals surface area contributed by atoms with Gasteiger partial charge in [-0.1, -0.05) is 17.4 Å². The third-order valence-electron chi connectivity index (χ3n) is 5.62. The van der Waals surface area contributed by atoms with Crippen LogP contribution in [0.25, 0.3) is 10.3 Å². The van der Waals surface area contributed by atoms with Crippen LogP contribution in [-0.2, 0) is 16.1 Å². The fraction of sp³-hybridized carbons (Fsp3) is 0.409. The summed E-state index contributed by atoms with van der Waals surface area (Å²) in [5.41, 5.74) is 1.54. The van der Waals surface area contributed by atoms with Crippen LogP contribution in [0.15, 0.2) is 29.3 Å². The van der Waals surface area contributed by atoms with E-state index in [0.29, 0.717) is 33.5 Å². The Balaban J connectivity index is 1.53. The summed E-state index contributed by atoms with van der Waals surface area (Å²) in [6.45, 7) is 3.04. The Morgan fingerprint density at radius 1 is 1.33 bits per heavy atom. The molecule has 1 atom stereocenters. The first-order chi connectivity index (χ1) is 15.9. The predicted molar refractivity (Wildman–Crippen MR) is 127 cm³/mol. The lowest BCUT2D eigenvalue weighted by Gasteiger charge is -2.31. The van der Waals surface area contributed by atoms with Gasteiger partial charge in [-0.3, -0.25) is 19.0 Å². The fourth-order valence-electron chi connectivity index (χ4n) is 3.92. The molecular weight excluding hydrogens is 444 g/mol. The van der Waals surface area contributed by atoms with Gasteiger partial charge in [-0.2, -0.15) is 4.98 Å². The first-order valence-corrected chi connectivity index (χ1v) is 11.5. The summed E-state index contributed by atoms with van der Waals surface area (Å²) in [5.74, 6) is 0.0788. The number of piperidine rings is 1. The number of carbonyl (C=O) groups is 2. The Kier molecular flexibility index (Phi) is 6.59. The molecule has 10 nitrogen and oxygen atoms in total. The van der Waals surface area contributed by atoms with Crippen molar-refractivity contribution in [2.45, 2.75) is 26.3 Å². The highest BCUT2D eigenvalue weighted by Crippen LogP contribution is 2.29. The number of benzene rings is 1. The molecule has 1 aliphatic heterocycles. The van der Waals surface area contributed by atoms with Crippen LogP contribution in [0.3, 0.4) is 0 Å². The van der Waals surface area contributed by atoms with Crippen molar-refractivity contribution in [2.24, 2.45) is 5.92 Å². The van der Waals surface area contributed by atoms with Crippen LogP contribution in [0.5, 0.6) is 5.75 Å². The predicted octanol–water partition coefficient (Wildman–Crippen LogP) is 1.77. The highest BCUT2D eigenvalue weighted by Gasteiger charge is 2.27. The number of amides is 2. The number of methoxy groups -OCH3 is 1. The van der Waals surface area contributed by atoms with Crippen LogP contribution < -0.4 is 25.8 Å². The van der Waals surface area contributed by atoms with Gasteiger partial charge in [-0.05, 0) is 37.5 Å². The average molecular weight is 471 g/mol. The minimum absolute atomic E-state index is 0.0116. The van der Waals surface area contributed by atoms with Crippen molar-refractivity contribution in [2.75, 3.05) is 37.5 Å². The lowest BCUT2D eigenvalue weighted by atomic mass is 9.98. The van der Waals surface area contributed by atoms with Gasteiger partial charge in [0, 0.05) is 20.1 Å². The van der Waals surface area contributed by atoms with Crippen molar-refractivity contribution in [3.05, 3.63) is 40.4 Å². The number of nitrogens with zero attached hydrogens (tertiary/aromatic N) is 4. The SMILES string of the molecule is CNC(=O)[C@H]1CCCN(c2nc3ncn(CC(=O)Nc4cc(C)ccc4OC)c(=O)c3s2)C1. The molecule has 4 rings (SSSR count). The summed E-state index contributed by atoms with van der Waals surface area (Å²) in [7, 11) is 3.17. The van der Waals surface area contributed by atoms with Gasteiger partial charge < -0.3 is 20.3 Å². The molecule has 2 amide bonds. The Morgan fingerprint density at radius 2 is 2.15 bits per heavy atom. The molecule has 3 aromatic rings. The summed E-state index contributed by atoms with van der Waals surface area (Å²) < 4.78 is 6.94. The van der Waals surface area contributed by atoms with Crippen molar-refractivity contribution in [1.29, 1.82) is 0 Å². The van der Waals surface area contributed by atoms with Gasteiger partial charge in [-0.25, -0.2) is 4.98 Å². The summed E-state index contributed by atoms with van der Waals surface area (Å²) in [6, 6.07) is 5.47. The fourth-order valence-corrected chi connectivity index (χ4v) is 4.92. The molecule has 1 aliphatic rings. The van der Waals surface area contributed by atoms with E-state index in [2.05, 4.69) is 20.6 Å². The second kappa shape index (κ2) is 9.57. The summed E-state index contributed by atoms with van der Waals surface area (Å²) in [4.78, 5) is 48.5. The highest BCUT2D eigenvalue weighted by molar-refractivity contribution is 7.22. The number of anilines is 2. The molecule has 3 heterocycles. The van der Waals surface area contributed by atoms with E-state index in [1.165, 1.54) is 29.3 Å². The van der Waals surface area contributed by atoms with Crippen molar-refractivity contribution in [3.8, 4) is 5.75 Å². The van der Waals surface area contributed by atoms with Crippen molar-refractivity contribution in [3.63, 3.8) is 0 Å². The number of nitrogens with one attached hydrogen (secondary N) is 2. The van der Waals surface area contributed by atoms with E-state index in [-0.39, 0.29) is 29.8 Å². The maximum Gasteiger partial charge on any atom is 0.273 e. The molecule has 1 saturated heterocycles. The number of rotatable bonds is 6. The van der Waals surface area contributed by atoms with Gasteiger partial charge in [-0.15, -0.1) is 0 Å². The van der Waals surface area contributed by atoms with Crippen molar-refractivity contribution < 1.29 is 14.3 Å². The zero-order chi connectivity index (χ0) is 23.5. The molecule has 11 heteroatoms. The van der Waals surface area contributed by atoms with Crippen LogP contribution in [0.2, 0.25) is 0 Å². The van der Waals surface area contributed by atoms with Gasteiger partial charge in [0.1, 0.15) is 23.3 Å². The van der Waals surface area contributed by atoms with E-state index in [1.54, 1.807) is 19.2 Å². The summed E-state index contributed by atoms with van der Waals surface area (Å²) in [5, 5.41) is 6.16. The van der Waals surface area contributed by atoms with Gasteiger partial charge in [0.25, 0.3) is 5.56 Å². The molecular formula is C22H26N6O4S. The summed E-state index contributed by atoms with van der Waals surface area (Å²) >= 11 is 1.24. The van der Waals surface area contributed by atoms with Gasteiger partial charge in [0.05, 0.1) is 18.7 Å². The molecule has 2 N–H and O–H groups in total. The van der Waals surface area contributed by atoms with E-state index in [9.17, 15) is 14.4 Å². The Morgan fingerprint density at radius 3 is 2.91 bits per heavy atom. The first-order valence-electron chi connectivity index (χ1n) is 10.7. The molecule has 0 saturated carbocycles. The van der Waals surface area contributed by atoms with Crippen molar-refractivity contribution >= 4 is 44.3 Å². The van der Waals surface area contributed by atoms with Crippen LogP contribution >= 0.6 is 11.3 Å². The lowest BCUT2D eigenvalue weighted by molar-refractivity contribution is -0.124. The molecule has 0 aliphatic carbocycles. The first kappa shape index (κ1) is 22.7. The molecule has 0 radical (unpaired) electrons. The van der Waals surface area contributed by atoms with Crippen molar-refractivity contribution in [1.82, 2.24) is 19.9 Å². The second-order valence-corrected chi connectivity index (χ2v) is 8.96. The quantitative estimate of drug-likeness (QED) is 0.564. The molecule has 2 aromatic heterocycles. The minimum atomic E-state index is -0.365. The molecule has 1 aromatic carbocycles. The Bertz CT molecular complexity index is 1250. The number of aromatic nitrogens is 3. The van der Waals surface area contributed by atoms with Crippen LogP contribution in [0, 0.1) is 12.8 Å². The minimum Gasteiger partial charge on any atom is -0.495 e. The Labute approximate surface area is 194 Å². The van der Waals surface area contributed by atoms with Gasteiger partial charge >= 0.3 is 0 Å². The third kappa shape index (κ3) is 4.82. The normalized spacial score (nSPS) is 16.0. The number of thiazole rings is 1. The summed E-state index contributed by atoms with van der Waals surface area (Å²) in [6.07, 6.45) is 3.03. The monoisotopic (exact) mass is 470 g/mol. The molecule has 174 valence electrons.